The van der Waals surface area contributed by atoms with E-state index in [2.05, 4.69) is 11.9 Å². The number of hydrogen-bond acceptors (Lipinski definition) is 3. The van der Waals surface area contributed by atoms with E-state index < -0.39 is 0 Å². The molecular formula is C11H22N2O. The van der Waals surface area contributed by atoms with Gasteiger partial charge in [0, 0.05) is 13.1 Å². The number of nitrogens with zero attached hydrogens (tertiary/aromatic N) is 1. The summed E-state index contributed by atoms with van der Waals surface area (Å²) < 4.78 is 0. The lowest BCUT2D eigenvalue weighted by atomic mass is 9.95. The van der Waals surface area contributed by atoms with Gasteiger partial charge in [-0.25, -0.2) is 0 Å². The van der Waals surface area contributed by atoms with Gasteiger partial charge in [0.15, 0.2) is 0 Å². The number of aliphatic hydroxyl groups is 1. The molecule has 0 aromatic heterocycles. The van der Waals surface area contributed by atoms with Crippen LogP contribution in [0.25, 0.3) is 0 Å². The van der Waals surface area contributed by atoms with E-state index in [1.165, 1.54) is 25.7 Å². The highest BCUT2D eigenvalue weighted by Gasteiger charge is 2.42. The molecule has 0 bridgehead atoms. The molecule has 0 aromatic rings. The zero-order valence-electron chi connectivity index (χ0n) is 9.08. The average molecular weight is 198 g/mol. The Kier molecular flexibility index (Phi) is 2.82. The van der Waals surface area contributed by atoms with Gasteiger partial charge in [-0.1, -0.05) is 0 Å². The Morgan fingerprint density at radius 1 is 1.36 bits per heavy atom. The zero-order chi connectivity index (χ0) is 10.2. The topological polar surface area (TPSA) is 49.5 Å². The highest BCUT2D eigenvalue weighted by atomic mass is 16.3. The monoisotopic (exact) mass is 198 g/mol. The SMILES string of the molecule is CN(CC1CC1)CC(N)(CO)C1CC1. The fourth-order valence-corrected chi connectivity index (χ4v) is 2.27. The molecular weight excluding hydrogens is 176 g/mol. The van der Waals surface area contributed by atoms with Crippen LogP contribution >= 0.6 is 0 Å². The number of hydrogen-bond donors (Lipinski definition) is 2. The number of nitrogens with two attached hydrogens (primary N) is 1. The van der Waals surface area contributed by atoms with Gasteiger partial charge >= 0.3 is 0 Å². The van der Waals surface area contributed by atoms with Crippen LogP contribution in [-0.4, -0.2) is 42.3 Å². The lowest BCUT2D eigenvalue weighted by Crippen LogP contribution is -2.54. The Bertz CT molecular complexity index is 201. The Balaban J connectivity index is 1.79. The third-order valence-corrected chi connectivity index (χ3v) is 3.52. The summed E-state index contributed by atoms with van der Waals surface area (Å²) in [5, 5.41) is 9.34. The van der Waals surface area contributed by atoms with E-state index in [4.69, 9.17) is 5.73 Å². The van der Waals surface area contributed by atoms with Crippen LogP contribution in [0.4, 0.5) is 0 Å². The van der Waals surface area contributed by atoms with Crippen LogP contribution in [0.1, 0.15) is 25.7 Å². The minimum Gasteiger partial charge on any atom is -0.394 e. The highest BCUT2D eigenvalue weighted by Crippen LogP contribution is 2.39. The first-order chi connectivity index (χ1) is 6.64. The van der Waals surface area contributed by atoms with E-state index >= 15 is 0 Å². The summed E-state index contributed by atoms with van der Waals surface area (Å²) in [7, 11) is 2.12. The molecule has 0 spiro atoms. The van der Waals surface area contributed by atoms with Crippen LogP contribution in [-0.2, 0) is 0 Å². The predicted molar refractivity (Wildman–Crippen MR) is 56.9 cm³/mol. The summed E-state index contributed by atoms with van der Waals surface area (Å²) in [6, 6.07) is 0. The van der Waals surface area contributed by atoms with Crippen molar-refractivity contribution >= 4 is 0 Å². The van der Waals surface area contributed by atoms with Gasteiger partial charge in [-0.15, -0.1) is 0 Å². The van der Waals surface area contributed by atoms with E-state index in [9.17, 15) is 5.11 Å². The maximum Gasteiger partial charge on any atom is 0.0626 e. The van der Waals surface area contributed by atoms with Gasteiger partial charge in [0.25, 0.3) is 0 Å². The molecule has 2 fully saturated rings. The normalized spacial score (nSPS) is 26.6. The van der Waals surface area contributed by atoms with Crippen molar-refractivity contribution in [2.45, 2.75) is 31.2 Å². The molecule has 0 aromatic carbocycles. The van der Waals surface area contributed by atoms with E-state index in [1.54, 1.807) is 0 Å². The van der Waals surface area contributed by atoms with Gasteiger partial charge in [-0.05, 0) is 44.6 Å². The van der Waals surface area contributed by atoms with Crippen molar-refractivity contribution in [2.75, 3.05) is 26.7 Å². The first kappa shape index (κ1) is 10.4. The minimum absolute atomic E-state index is 0.132. The lowest BCUT2D eigenvalue weighted by molar-refractivity contribution is 0.131. The molecule has 0 heterocycles. The quantitative estimate of drug-likeness (QED) is 0.650. The second-order valence-electron chi connectivity index (χ2n) is 5.31. The minimum atomic E-state index is -0.330. The summed E-state index contributed by atoms with van der Waals surface area (Å²) in [6.45, 7) is 2.14. The molecule has 1 unspecified atom stereocenters. The molecule has 2 aliphatic rings. The second kappa shape index (κ2) is 3.80. The zero-order valence-corrected chi connectivity index (χ0v) is 9.08. The van der Waals surface area contributed by atoms with Gasteiger partial charge in [0.1, 0.15) is 0 Å². The fourth-order valence-electron chi connectivity index (χ4n) is 2.27. The third-order valence-electron chi connectivity index (χ3n) is 3.52. The third kappa shape index (κ3) is 2.47. The van der Waals surface area contributed by atoms with Crippen LogP contribution < -0.4 is 5.73 Å². The van der Waals surface area contributed by atoms with Crippen molar-refractivity contribution in [2.24, 2.45) is 17.6 Å². The predicted octanol–water partition coefficient (Wildman–Crippen LogP) is 0.428. The van der Waals surface area contributed by atoms with E-state index in [1.807, 2.05) is 0 Å². The molecule has 0 amide bonds. The van der Waals surface area contributed by atoms with Gasteiger partial charge in [0.2, 0.25) is 0 Å². The average Bonchev–Trinajstić information content (AvgIpc) is 2.96. The molecule has 0 radical (unpaired) electrons. The largest absolute Gasteiger partial charge is 0.394 e. The molecule has 0 saturated heterocycles. The van der Waals surface area contributed by atoms with Crippen molar-refractivity contribution < 1.29 is 5.11 Å². The van der Waals surface area contributed by atoms with Crippen LogP contribution in [0, 0.1) is 11.8 Å². The highest BCUT2D eigenvalue weighted by molar-refractivity contribution is 5.00. The first-order valence-corrected chi connectivity index (χ1v) is 5.72. The molecule has 14 heavy (non-hydrogen) atoms. The van der Waals surface area contributed by atoms with Crippen LogP contribution in [0.15, 0.2) is 0 Å². The van der Waals surface area contributed by atoms with Crippen molar-refractivity contribution in [3.63, 3.8) is 0 Å². The number of likely N-dealkylation sites (N-methyl/N-ethyl adjacent to an activating group) is 1. The summed E-state index contributed by atoms with van der Waals surface area (Å²) in [5.41, 5.74) is 5.88. The van der Waals surface area contributed by atoms with Gasteiger partial charge in [-0.2, -0.15) is 0 Å². The molecule has 2 saturated carbocycles. The van der Waals surface area contributed by atoms with Crippen molar-refractivity contribution in [1.82, 2.24) is 4.90 Å². The number of rotatable bonds is 6. The standard InChI is InChI=1S/C11H22N2O/c1-13(6-9-2-3-9)7-11(12,8-14)10-4-5-10/h9-10,14H,2-8,12H2,1H3. The summed E-state index contributed by atoms with van der Waals surface area (Å²) in [5.74, 6) is 1.47. The Labute approximate surface area is 86.3 Å². The Morgan fingerprint density at radius 3 is 2.43 bits per heavy atom. The maximum absolute atomic E-state index is 9.34. The van der Waals surface area contributed by atoms with E-state index in [-0.39, 0.29) is 12.1 Å². The van der Waals surface area contributed by atoms with Crippen molar-refractivity contribution in [3.05, 3.63) is 0 Å². The summed E-state index contributed by atoms with van der Waals surface area (Å²) in [4.78, 5) is 2.30. The molecule has 82 valence electrons. The van der Waals surface area contributed by atoms with Crippen molar-refractivity contribution in [1.29, 1.82) is 0 Å². The molecule has 0 aliphatic heterocycles. The lowest BCUT2D eigenvalue weighted by Gasteiger charge is -2.32. The fraction of sp³-hybridized carbons (Fsp3) is 1.00. The van der Waals surface area contributed by atoms with Crippen LogP contribution in [0.2, 0.25) is 0 Å². The maximum atomic E-state index is 9.34. The first-order valence-electron chi connectivity index (χ1n) is 5.72. The molecule has 3 nitrogen and oxygen atoms in total. The van der Waals surface area contributed by atoms with Crippen LogP contribution in [0.5, 0.6) is 0 Å². The van der Waals surface area contributed by atoms with Gasteiger partial charge < -0.3 is 15.7 Å². The van der Waals surface area contributed by atoms with E-state index in [0.717, 1.165) is 19.0 Å². The summed E-state index contributed by atoms with van der Waals surface area (Å²) >= 11 is 0. The Hall–Kier alpha value is -0.120. The summed E-state index contributed by atoms with van der Waals surface area (Å²) in [6.07, 6.45) is 5.16. The van der Waals surface area contributed by atoms with Crippen LogP contribution in [0.3, 0.4) is 0 Å². The Morgan fingerprint density at radius 2 is 2.00 bits per heavy atom. The molecule has 2 rings (SSSR count). The molecule has 3 heteroatoms. The molecule has 2 aliphatic carbocycles. The van der Waals surface area contributed by atoms with E-state index in [0.29, 0.717) is 5.92 Å². The second-order valence-corrected chi connectivity index (χ2v) is 5.31. The van der Waals surface area contributed by atoms with Gasteiger partial charge in [0.05, 0.1) is 12.1 Å². The van der Waals surface area contributed by atoms with Gasteiger partial charge in [-0.3, -0.25) is 0 Å². The smallest absolute Gasteiger partial charge is 0.0626 e. The molecule has 1 atom stereocenters. The molecule has 3 N–H and O–H groups in total. The van der Waals surface area contributed by atoms with Crippen molar-refractivity contribution in [3.8, 4) is 0 Å². The number of aliphatic hydroxyl groups excluding tert-OH is 1.